The van der Waals surface area contributed by atoms with E-state index in [0.29, 0.717) is 0 Å². The highest BCUT2D eigenvalue weighted by Gasteiger charge is 2.16. The summed E-state index contributed by atoms with van der Waals surface area (Å²) in [5.74, 6) is 0. The van der Waals surface area contributed by atoms with Gasteiger partial charge in [0, 0.05) is 0 Å². The Morgan fingerprint density at radius 2 is 1.50 bits per heavy atom. The largest absolute Gasteiger partial charge is 0.594 e. The average molecular weight is 118 g/mol. The average Bonchev–Trinajstić information content (AvgIpc) is 1.64. The van der Waals surface area contributed by atoms with Crippen LogP contribution in [-0.4, -0.2) is 27.1 Å². The van der Waals surface area contributed by atoms with Gasteiger partial charge in [-0.05, 0) is 0 Å². The molecule has 6 heteroatoms. The summed E-state index contributed by atoms with van der Waals surface area (Å²) in [5, 5.41) is 15.3. The molecule has 8 heavy (non-hydrogen) atoms. The molecule has 0 aliphatic heterocycles. The predicted octanol–water partition coefficient (Wildman–Crippen LogP) is 0.377. The number of rotatable bonds is 0. The summed E-state index contributed by atoms with van der Waals surface area (Å²) in [5.41, 5.74) is 7.84. The van der Waals surface area contributed by atoms with Crippen LogP contribution < -0.4 is 0 Å². The van der Waals surface area contributed by atoms with Crippen molar-refractivity contribution in [3.8, 4) is 0 Å². The van der Waals surface area contributed by atoms with E-state index in [1.807, 2.05) is 0 Å². The van der Waals surface area contributed by atoms with Crippen molar-refractivity contribution >= 4 is 12.2 Å². The number of nitrogens with zero attached hydrogens (tertiary/aromatic N) is 2. The van der Waals surface area contributed by atoms with Gasteiger partial charge in [-0.3, -0.25) is 0 Å². The van der Waals surface area contributed by atoms with E-state index in [-0.39, 0.29) is 0 Å². The lowest BCUT2D eigenvalue weighted by molar-refractivity contribution is -0.383. The molecule has 0 aliphatic carbocycles. The quantitative estimate of drug-likeness (QED) is 0.354. The van der Waals surface area contributed by atoms with Crippen LogP contribution >= 0.6 is 0 Å². The topological polar surface area (TPSA) is 99.9 Å². The Morgan fingerprint density at radius 1 is 1.25 bits per heavy atom. The first-order valence-electron chi connectivity index (χ1n) is 1.50. The van der Waals surface area contributed by atoms with Gasteiger partial charge in [-0.25, -0.2) is 0 Å². The maximum absolute atomic E-state index is 9.44. The van der Waals surface area contributed by atoms with Gasteiger partial charge in [0.25, 0.3) is 0 Å². The first-order chi connectivity index (χ1) is 3.55. The lowest BCUT2D eigenvalue weighted by atomic mass is 11.0. The Hall–Kier alpha value is -1.46. The van der Waals surface area contributed by atoms with Gasteiger partial charge in [-0.15, -0.1) is 4.70 Å². The molecule has 0 aromatic rings. The second-order valence-electron chi connectivity index (χ2n) is 0.877. The third-order valence-corrected chi connectivity index (χ3v) is 0.362. The lowest BCUT2D eigenvalue weighted by Crippen LogP contribution is -2.20. The summed E-state index contributed by atoms with van der Waals surface area (Å²) >= 11 is 0. The number of amides is 2. The first-order valence-corrected chi connectivity index (χ1v) is 1.50. The summed E-state index contributed by atoms with van der Waals surface area (Å²) in [4.78, 5) is 18.9. The van der Waals surface area contributed by atoms with Gasteiger partial charge in [0.1, 0.15) is 0 Å². The van der Waals surface area contributed by atoms with E-state index in [0.717, 1.165) is 0 Å². The fraction of sp³-hybridized carbons (Fsp3) is 0. The number of carboxylic acid groups (broad SMARTS) is 2. The molecule has 0 heterocycles. The molecule has 44 valence electrons. The smallest absolute Gasteiger partial charge is 0.481 e. The molecule has 0 saturated carbocycles. The van der Waals surface area contributed by atoms with Gasteiger partial charge in [0.15, 0.2) is 0 Å². The van der Waals surface area contributed by atoms with Crippen LogP contribution in [0.15, 0.2) is 0 Å². The molecule has 2 N–H and O–H groups in total. The third-order valence-electron chi connectivity index (χ3n) is 0.362. The summed E-state index contributed by atoms with van der Waals surface area (Å²) in [7, 11) is 0. The van der Waals surface area contributed by atoms with Crippen LogP contribution in [-0.2, 0) is 0 Å². The van der Waals surface area contributed by atoms with Crippen LogP contribution in [0.2, 0.25) is 0 Å². The summed E-state index contributed by atoms with van der Waals surface area (Å²) < 4.78 is -0.833. The van der Waals surface area contributed by atoms with E-state index in [9.17, 15) is 9.59 Å². The van der Waals surface area contributed by atoms with Gasteiger partial charge in [0.05, 0.1) is 0 Å². The third kappa shape index (κ3) is 1.33. The minimum atomic E-state index is -1.92. The molecule has 0 fully saturated rings. The zero-order chi connectivity index (χ0) is 6.73. The SMILES string of the molecule is [N-]=[N+](C(=O)O)C(=O)O. The normalized spacial score (nSPS) is 8.00. The molecule has 0 aliphatic rings. The van der Waals surface area contributed by atoms with Crippen LogP contribution in [0.25, 0.3) is 5.53 Å². The number of hydrogen-bond donors (Lipinski definition) is 2. The second-order valence-corrected chi connectivity index (χ2v) is 0.877. The Balaban J connectivity index is 4.05. The first kappa shape index (κ1) is 6.54. The maximum atomic E-state index is 9.44. The Bertz CT molecular complexity index is 134. The standard InChI is InChI=1S/C2H2N2O4/c3-4(1(5)6)2(7)8/h(H,5,6)(H,7,8). The fourth-order valence-electron chi connectivity index (χ4n) is 0.0818. The Kier molecular flexibility index (Phi) is 1.64. The highest BCUT2D eigenvalue weighted by Crippen LogP contribution is 1.75. The highest BCUT2D eigenvalue weighted by molar-refractivity contribution is 5.69. The molecule has 0 atom stereocenters. The molecule has 0 radical (unpaired) electrons. The van der Waals surface area contributed by atoms with Crippen LogP contribution in [0.5, 0.6) is 0 Å². The Labute approximate surface area is 43.5 Å². The molecule has 0 aromatic heterocycles. The molecule has 0 bridgehead atoms. The van der Waals surface area contributed by atoms with E-state index in [4.69, 9.17) is 15.7 Å². The van der Waals surface area contributed by atoms with Gasteiger partial charge in [0.2, 0.25) is 0 Å². The molecular weight excluding hydrogens is 116 g/mol. The van der Waals surface area contributed by atoms with Crippen molar-refractivity contribution in [3.05, 3.63) is 5.53 Å². The summed E-state index contributed by atoms with van der Waals surface area (Å²) in [6, 6.07) is 0. The van der Waals surface area contributed by atoms with Crippen molar-refractivity contribution in [2.45, 2.75) is 0 Å². The van der Waals surface area contributed by atoms with Crippen LogP contribution in [0.4, 0.5) is 9.59 Å². The highest BCUT2D eigenvalue weighted by atomic mass is 16.4. The summed E-state index contributed by atoms with van der Waals surface area (Å²) in [6.45, 7) is 0. The van der Waals surface area contributed by atoms with Gasteiger partial charge in [-0.2, -0.15) is 9.59 Å². The van der Waals surface area contributed by atoms with Crippen LogP contribution in [0.3, 0.4) is 0 Å². The fourth-order valence-corrected chi connectivity index (χ4v) is 0.0818. The maximum Gasteiger partial charge on any atom is 0.594 e. The molecule has 0 saturated heterocycles. The van der Waals surface area contributed by atoms with Crippen molar-refractivity contribution in [1.82, 2.24) is 0 Å². The van der Waals surface area contributed by atoms with Gasteiger partial charge >= 0.3 is 12.2 Å². The van der Waals surface area contributed by atoms with Crippen molar-refractivity contribution in [2.75, 3.05) is 0 Å². The van der Waals surface area contributed by atoms with E-state index >= 15 is 0 Å². The van der Waals surface area contributed by atoms with Crippen molar-refractivity contribution in [3.63, 3.8) is 0 Å². The molecule has 0 aromatic carbocycles. The van der Waals surface area contributed by atoms with Crippen molar-refractivity contribution in [1.29, 1.82) is 0 Å². The van der Waals surface area contributed by atoms with E-state index < -0.39 is 16.9 Å². The molecule has 2 amide bonds. The van der Waals surface area contributed by atoms with E-state index in [1.54, 1.807) is 0 Å². The Morgan fingerprint density at radius 3 is 1.50 bits per heavy atom. The molecule has 0 rings (SSSR count). The minimum Gasteiger partial charge on any atom is -0.481 e. The van der Waals surface area contributed by atoms with E-state index in [1.165, 1.54) is 0 Å². The van der Waals surface area contributed by atoms with Crippen LogP contribution in [0, 0.1) is 0 Å². The predicted molar refractivity (Wildman–Crippen MR) is 19.7 cm³/mol. The zero-order valence-electron chi connectivity index (χ0n) is 3.61. The monoisotopic (exact) mass is 118 g/mol. The van der Waals surface area contributed by atoms with Gasteiger partial charge < -0.3 is 15.7 Å². The van der Waals surface area contributed by atoms with Crippen molar-refractivity contribution < 1.29 is 24.5 Å². The van der Waals surface area contributed by atoms with Crippen LogP contribution in [0.1, 0.15) is 0 Å². The number of hydrogen-bond acceptors (Lipinski definition) is 2. The molecule has 6 nitrogen and oxygen atoms in total. The zero-order valence-corrected chi connectivity index (χ0v) is 3.61. The van der Waals surface area contributed by atoms with E-state index in [2.05, 4.69) is 0 Å². The number of carbonyl (C=O) groups is 2. The molecule has 0 spiro atoms. The van der Waals surface area contributed by atoms with Gasteiger partial charge in [-0.1, -0.05) is 0 Å². The molecule has 0 unspecified atom stereocenters. The second kappa shape index (κ2) is 2.01. The minimum absolute atomic E-state index is 0.833. The lowest BCUT2D eigenvalue weighted by Gasteiger charge is -1.85. The summed E-state index contributed by atoms with van der Waals surface area (Å²) in [6.07, 6.45) is -3.84. The van der Waals surface area contributed by atoms with Crippen molar-refractivity contribution in [2.24, 2.45) is 0 Å². The molecular formula is C2H2N2O4. The number of imide groups is 1.